The van der Waals surface area contributed by atoms with Gasteiger partial charge < -0.3 is 15.5 Å². The van der Waals surface area contributed by atoms with E-state index in [1.807, 2.05) is 0 Å². The summed E-state index contributed by atoms with van der Waals surface area (Å²) >= 11 is 0. The maximum Gasteiger partial charge on any atom is 0.317 e. The van der Waals surface area contributed by atoms with Crippen molar-refractivity contribution in [3.63, 3.8) is 0 Å². The fraction of sp³-hybridized carbons (Fsp3) is 0.900. The first kappa shape index (κ1) is 11.3. The Morgan fingerprint density at radius 1 is 1.57 bits per heavy atom. The van der Waals surface area contributed by atoms with Crippen molar-refractivity contribution in [1.29, 1.82) is 0 Å². The van der Waals surface area contributed by atoms with Gasteiger partial charge in [0.1, 0.15) is 0 Å². The number of carbonyl (C=O) groups excluding carboxylic acids is 1. The molecule has 4 nitrogen and oxygen atoms in total. The van der Waals surface area contributed by atoms with Crippen LogP contribution < -0.4 is 10.6 Å². The standard InChI is InChI=1S/C10H21N3O/c1-8(12-10(14)13(2)3)9-5-4-6-11-7-9/h8-9,11H,4-7H2,1-3H3,(H,12,14). The molecule has 1 rings (SSSR count). The largest absolute Gasteiger partial charge is 0.335 e. The highest BCUT2D eigenvalue weighted by Gasteiger charge is 2.21. The van der Waals surface area contributed by atoms with Gasteiger partial charge in [-0.1, -0.05) is 0 Å². The van der Waals surface area contributed by atoms with Crippen molar-refractivity contribution in [2.24, 2.45) is 5.92 Å². The summed E-state index contributed by atoms with van der Waals surface area (Å²) in [6, 6.07) is 0.265. The van der Waals surface area contributed by atoms with Crippen LogP contribution in [0.2, 0.25) is 0 Å². The van der Waals surface area contributed by atoms with Gasteiger partial charge >= 0.3 is 6.03 Å². The van der Waals surface area contributed by atoms with E-state index in [1.165, 1.54) is 12.8 Å². The summed E-state index contributed by atoms with van der Waals surface area (Å²) in [5, 5.41) is 6.35. The van der Waals surface area contributed by atoms with E-state index in [0.717, 1.165) is 13.1 Å². The Morgan fingerprint density at radius 2 is 2.29 bits per heavy atom. The van der Waals surface area contributed by atoms with Gasteiger partial charge in [0, 0.05) is 20.1 Å². The molecule has 82 valence electrons. The average Bonchev–Trinajstić information content (AvgIpc) is 2.19. The summed E-state index contributed by atoms with van der Waals surface area (Å²) in [7, 11) is 3.53. The van der Waals surface area contributed by atoms with Crippen LogP contribution in [-0.2, 0) is 0 Å². The first-order valence-electron chi connectivity index (χ1n) is 5.30. The number of piperidine rings is 1. The number of urea groups is 1. The normalized spacial score (nSPS) is 24.1. The van der Waals surface area contributed by atoms with E-state index in [0.29, 0.717) is 5.92 Å². The Kier molecular flexibility index (Phi) is 4.20. The van der Waals surface area contributed by atoms with Gasteiger partial charge in [0.2, 0.25) is 0 Å². The fourth-order valence-electron chi connectivity index (χ4n) is 1.75. The summed E-state index contributed by atoms with van der Waals surface area (Å²) < 4.78 is 0. The average molecular weight is 199 g/mol. The molecule has 0 aromatic carbocycles. The molecule has 1 heterocycles. The van der Waals surface area contributed by atoms with Gasteiger partial charge in [-0.3, -0.25) is 0 Å². The van der Waals surface area contributed by atoms with Crippen molar-refractivity contribution in [3.05, 3.63) is 0 Å². The second-order valence-corrected chi connectivity index (χ2v) is 4.24. The monoisotopic (exact) mass is 199 g/mol. The predicted octanol–water partition coefficient (Wildman–Crippen LogP) is 0.646. The van der Waals surface area contributed by atoms with Crippen LogP contribution >= 0.6 is 0 Å². The van der Waals surface area contributed by atoms with E-state index in [2.05, 4.69) is 17.6 Å². The van der Waals surface area contributed by atoms with Crippen molar-refractivity contribution >= 4 is 6.03 Å². The van der Waals surface area contributed by atoms with E-state index in [1.54, 1.807) is 19.0 Å². The second kappa shape index (κ2) is 5.20. The first-order valence-corrected chi connectivity index (χ1v) is 5.30. The molecule has 1 saturated heterocycles. The molecule has 2 atom stereocenters. The summed E-state index contributed by atoms with van der Waals surface area (Å²) in [5.74, 6) is 0.577. The smallest absolute Gasteiger partial charge is 0.317 e. The van der Waals surface area contributed by atoms with Crippen molar-refractivity contribution in [2.75, 3.05) is 27.2 Å². The third-order valence-corrected chi connectivity index (χ3v) is 2.80. The Bertz CT molecular complexity index is 188. The lowest BCUT2D eigenvalue weighted by Crippen LogP contribution is -2.47. The number of amides is 2. The van der Waals surface area contributed by atoms with E-state index in [-0.39, 0.29) is 12.1 Å². The van der Waals surface area contributed by atoms with Crippen LogP contribution in [0.3, 0.4) is 0 Å². The zero-order valence-electron chi connectivity index (χ0n) is 9.34. The maximum atomic E-state index is 11.4. The number of hydrogen-bond acceptors (Lipinski definition) is 2. The van der Waals surface area contributed by atoms with Gasteiger partial charge in [-0.25, -0.2) is 4.79 Å². The van der Waals surface area contributed by atoms with Gasteiger partial charge in [0.25, 0.3) is 0 Å². The molecule has 0 saturated carbocycles. The molecule has 14 heavy (non-hydrogen) atoms. The van der Waals surface area contributed by atoms with Gasteiger partial charge in [-0.2, -0.15) is 0 Å². The van der Waals surface area contributed by atoms with E-state index in [4.69, 9.17) is 0 Å². The molecular weight excluding hydrogens is 178 g/mol. The van der Waals surface area contributed by atoms with Crippen LogP contribution in [0.5, 0.6) is 0 Å². The van der Waals surface area contributed by atoms with E-state index < -0.39 is 0 Å². The summed E-state index contributed by atoms with van der Waals surface area (Å²) in [6.07, 6.45) is 2.43. The molecule has 0 aromatic rings. The molecule has 0 aromatic heterocycles. The van der Waals surface area contributed by atoms with Crippen LogP contribution in [0.1, 0.15) is 19.8 Å². The molecule has 1 aliphatic rings. The lowest BCUT2D eigenvalue weighted by Gasteiger charge is -2.29. The van der Waals surface area contributed by atoms with Gasteiger partial charge in [0.05, 0.1) is 0 Å². The third kappa shape index (κ3) is 3.18. The first-order chi connectivity index (χ1) is 6.61. The van der Waals surface area contributed by atoms with Gasteiger partial charge in [-0.05, 0) is 38.8 Å². The molecular formula is C10H21N3O. The Balaban J connectivity index is 2.32. The molecule has 0 bridgehead atoms. The SMILES string of the molecule is CC(NC(=O)N(C)C)C1CCCNC1. The highest BCUT2D eigenvalue weighted by atomic mass is 16.2. The highest BCUT2D eigenvalue weighted by molar-refractivity contribution is 5.73. The van der Waals surface area contributed by atoms with Crippen molar-refractivity contribution in [3.8, 4) is 0 Å². The molecule has 2 unspecified atom stereocenters. The minimum absolute atomic E-state index is 0.00285. The molecule has 1 aliphatic heterocycles. The Morgan fingerprint density at radius 3 is 2.79 bits per heavy atom. The van der Waals surface area contributed by atoms with Crippen LogP contribution in [0.15, 0.2) is 0 Å². The molecule has 1 fully saturated rings. The third-order valence-electron chi connectivity index (χ3n) is 2.80. The number of hydrogen-bond donors (Lipinski definition) is 2. The molecule has 4 heteroatoms. The predicted molar refractivity (Wildman–Crippen MR) is 57.3 cm³/mol. The van der Waals surface area contributed by atoms with Gasteiger partial charge in [0.15, 0.2) is 0 Å². The Hall–Kier alpha value is -0.770. The summed E-state index contributed by atoms with van der Waals surface area (Å²) in [5.41, 5.74) is 0. The molecule has 0 aliphatic carbocycles. The highest BCUT2D eigenvalue weighted by Crippen LogP contribution is 2.13. The maximum absolute atomic E-state index is 11.4. The Labute approximate surface area is 86.0 Å². The lowest BCUT2D eigenvalue weighted by molar-refractivity contribution is 0.205. The summed E-state index contributed by atoms with van der Waals surface area (Å²) in [4.78, 5) is 13.0. The van der Waals surface area contributed by atoms with Crippen LogP contribution in [0.25, 0.3) is 0 Å². The van der Waals surface area contributed by atoms with Crippen LogP contribution in [-0.4, -0.2) is 44.2 Å². The van der Waals surface area contributed by atoms with Crippen LogP contribution in [0.4, 0.5) is 4.79 Å². The quantitative estimate of drug-likeness (QED) is 0.685. The number of carbonyl (C=O) groups is 1. The van der Waals surface area contributed by atoms with Crippen LogP contribution in [0, 0.1) is 5.92 Å². The molecule has 0 radical (unpaired) electrons. The minimum Gasteiger partial charge on any atom is -0.335 e. The molecule has 0 spiro atoms. The van der Waals surface area contributed by atoms with E-state index in [9.17, 15) is 4.79 Å². The van der Waals surface area contributed by atoms with Crippen molar-refractivity contribution in [2.45, 2.75) is 25.8 Å². The zero-order chi connectivity index (χ0) is 10.6. The second-order valence-electron chi connectivity index (χ2n) is 4.24. The van der Waals surface area contributed by atoms with Gasteiger partial charge in [-0.15, -0.1) is 0 Å². The minimum atomic E-state index is 0.00285. The lowest BCUT2D eigenvalue weighted by atomic mass is 9.93. The zero-order valence-corrected chi connectivity index (χ0v) is 9.34. The molecule has 2 amide bonds. The topological polar surface area (TPSA) is 44.4 Å². The van der Waals surface area contributed by atoms with Crippen molar-refractivity contribution < 1.29 is 4.79 Å². The number of nitrogens with one attached hydrogen (secondary N) is 2. The summed E-state index contributed by atoms with van der Waals surface area (Å²) in [6.45, 7) is 4.22. The van der Waals surface area contributed by atoms with E-state index >= 15 is 0 Å². The molecule has 2 N–H and O–H groups in total. The fourth-order valence-corrected chi connectivity index (χ4v) is 1.75. The number of rotatable bonds is 2. The number of nitrogens with zero attached hydrogens (tertiary/aromatic N) is 1. The van der Waals surface area contributed by atoms with Crippen molar-refractivity contribution in [1.82, 2.24) is 15.5 Å².